The molecule has 8 nitrogen and oxygen atoms in total. The number of aryl methyl sites for hydroxylation is 1. The van der Waals surface area contributed by atoms with Crippen LogP contribution in [0.4, 0.5) is 20.4 Å². The summed E-state index contributed by atoms with van der Waals surface area (Å²) in [5, 5.41) is 8.99. The maximum absolute atomic E-state index is 14.1. The van der Waals surface area contributed by atoms with Crippen molar-refractivity contribution in [3.63, 3.8) is 0 Å². The number of halogens is 2. The predicted molar refractivity (Wildman–Crippen MR) is 100 cm³/mol. The number of nitrogens with two attached hydrogens (primary N) is 1. The van der Waals surface area contributed by atoms with Crippen LogP contribution in [0.5, 0.6) is 0 Å². The number of fused-ring (bicyclic) bond motifs is 3. The highest BCUT2D eigenvalue weighted by molar-refractivity contribution is 5.92. The van der Waals surface area contributed by atoms with Crippen molar-refractivity contribution in [1.29, 1.82) is 0 Å². The predicted octanol–water partition coefficient (Wildman–Crippen LogP) is 2.26. The zero-order valence-corrected chi connectivity index (χ0v) is 15.2. The lowest BCUT2D eigenvalue weighted by Gasteiger charge is -2.32. The van der Waals surface area contributed by atoms with Crippen molar-refractivity contribution in [1.82, 2.24) is 29.4 Å². The number of piperidine rings is 1. The molecule has 0 aliphatic carbocycles. The number of nitrogen functional groups attached to an aromatic ring is 1. The third-order valence-corrected chi connectivity index (χ3v) is 5.18. The lowest BCUT2D eigenvalue weighted by atomic mass is 9.97. The molecule has 10 heteroatoms. The third-order valence-electron chi connectivity index (χ3n) is 5.18. The van der Waals surface area contributed by atoms with Gasteiger partial charge in [0.2, 0.25) is 5.95 Å². The second kappa shape index (κ2) is 6.11. The summed E-state index contributed by atoms with van der Waals surface area (Å²) in [5.41, 5.74) is 7.31. The van der Waals surface area contributed by atoms with Crippen LogP contribution in [0.3, 0.4) is 0 Å². The second-order valence-electron chi connectivity index (χ2n) is 7.12. The fourth-order valence-corrected chi connectivity index (χ4v) is 3.84. The first-order valence-corrected chi connectivity index (χ1v) is 9.04. The molecule has 2 N–H and O–H groups in total. The number of nitrogens with zero attached hydrogens (tertiary/aromatic N) is 7. The molecule has 0 bridgehead atoms. The molecule has 4 aromatic rings. The summed E-state index contributed by atoms with van der Waals surface area (Å²) >= 11 is 0. The Morgan fingerprint density at radius 3 is 2.86 bits per heavy atom. The van der Waals surface area contributed by atoms with Crippen molar-refractivity contribution in [2.45, 2.75) is 18.8 Å². The van der Waals surface area contributed by atoms with Gasteiger partial charge in [-0.2, -0.15) is 9.61 Å². The number of anilines is 2. The van der Waals surface area contributed by atoms with Crippen LogP contribution >= 0.6 is 0 Å². The van der Waals surface area contributed by atoms with Crippen molar-refractivity contribution in [3.8, 4) is 0 Å². The van der Waals surface area contributed by atoms with Gasteiger partial charge in [-0.1, -0.05) is 0 Å². The van der Waals surface area contributed by atoms with Gasteiger partial charge in [-0.15, -0.1) is 5.10 Å². The highest BCUT2D eigenvalue weighted by Crippen LogP contribution is 2.30. The third kappa shape index (κ3) is 2.63. The molecule has 1 aliphatic rings. The molecular formula is C18H18F2N8. The molecule has 28 heavy (non-hydrogen) atoms. The number of hydrogen-bond donors (Lipinski definition) is 1. The largest absolute Gasteiger partial charge is 0.368 e. The number of benzene rings is 1. The fourth-order valence-electron chi connectivity index (χ4n) is 3.84. The molecule has 144 valence electrons. The Hall–Kier alpha value is -3.30. The summed E-state index contributed by atoms with van der Waals surface area (Å²) in [6, 6.07) is 2.00. The van der Waals surface area contributed by atoms with Gasteiger partial charge in [-0.25, -0.2) is 18.7 Å². The molecule has 0 amide bonds. The molecule has 1 fully saturated rings. The van der Waals surface area contributed by atoms with Crippen LogP contribution in [0.15, 0.2) is 24.5 Å². The number of hydrogen-bond acceptors (Lipinski definition) is 6. The summed E-state index contributed by atoms with van der Waals surface area (Å²) in [4.78, 5) is 10.9. The van der Waals surface area contributed by atoms with E-state index < -0.39 is 11.6 Å². The van der Waals surface area contributed by atoms with Crippen molar-refractivity contribution in [3.05, 3.63) is 42.0 Å². The minimum atomic E-state index is -0.769. The highest BCUT2D eigenvalue weighted by atomic mass is 19.1. The van der Waals surface area contributed by atoms with Gasteiger partial charge in [-0.3, -0.25) is 4.68 Å². The highest BCUT2D eigenvalue weighted by Gasteiger charge is 2.27. The summed E-state index contributed by atoms with van der Waals surface area (Å²) in [5.74, 6) is -0.773. The van der Waals surface area contributed by atoms with E-state index in [1.54, 1.807) is 4.68 Å². The first-order chi connectivity index (χ1) is 13.5. The second-order valence-corrected chi connectivity index (χ2v) is 7.12. The van der Waals surface area contributed by atoms with E-state index >= 15 is 0 Å². The van der Waals surface area contributed by atoms with E-state index in [1.165, 1.54) is 10.6 Å². The number of aromatic nitrogens is 6. The van der Waals surface area contributed by atoms with Crippen LogP contribution in [0.1, 0.15) is 24.6 Å². The van der Waals surface area contributed by atoms with Crippen molar-refractivity contribution < 1.29 is 8.78 Å². The molecule has 3 aromatic heterocycles. The average Bonchev–Trinajstić information content (AvgIpc) is 3.30. The Kier molecular flexibility index (Phi) is 3.68. The molecule has 1 aliphatic heterocycles. The van der Waals surface area contributed by atoms with Crippen molar-refractivity contribution >= 4 is 28.2 Å². The van der Waals surface area contributed by atoms with Gasteiger partial charge in [0.25, 0.3) is 0 Å². The SMILES string of the molecule is Cn1cc(N2CCC[C@@H](c3nc4c5cc(F)cc(F)c5nc(N)n4n3)C2)cn1. The average molecular weight is 384 g/mol. The Bertz CT molecular complexity index is 1200. The summed E-state index contributed by atoms with van der Waals surface area (Å²) in [6.45, 7) is 1.66. The topological polar surface area (TPSA) is 90.2 Å². The summed E-state index contributed by atoms with van der Waals surface area (Å²) < 4.78 is 31.0. The van der Waals surface area contributed by atoms with Gasteiger partial charge in [0.1, 0.15) is 11.3 Å². The van der Waals surface area contributed by atoms with Crippen LogP contribution in [-0.4, -0.2) is 42.5 Å². The van der Waals surface area contributed by atoms with E-state index in [1.807, 2.05) is 19.4 Å². The van der Waals surface area contributed by atoms with Crippen LogP contribution in [0.25, 0.3) is 16.6 Å². The van der Waals surface area contributed by atoms with Crippen LogP contribution in [-0.2, 0) is 7.05 Å². The van der Waals surface area contributed by atoms with Gasteiger partial charge < -0.3 is 10.6 Å². The Labute approximate surface area is 158 Å². The van der Waals surface area contributed by atoms with Gasteiger partial charge in [0, 0.05) is 38.3 Å². The van der Waals surface area contributed by atoms with E-state index in [-0.39, 0.29) is 22.8 Å². The van der Waals surface area contributed by atoms with Gasteiger partial charge in [-0.05, 0) is 18.9 Å². The summed E-state index contributed by atoms with van der Waals surface area (Å²) in [6.07, 6.45) is 5.70. The Balaban J connectivity index is 1.57. The quantitative estimate of drug-likeness (QED) is 0.570. The maximum Gasteiger partial charge on any atom is 0.223 e. The van der Waals surface area contributed by atoms with E-state index in [0.717, 1.165) is 37.7 Å². The molecule has 0 radical (unpaired) electrons. The molecule has 4 heterocycles. The van der Waals surface area contributed by atoms with Gasteiger partial charge >= 0.3 is 0 Å². The van der Waals surface area contributed by atoms with E-state index in [0.29, 0.717) is 11.5 Å². The molecule has 1 atom stereocenters. The molecule has 0 unspecified atom stereocenters. The molecule has 1 aromatic carbocycles. The van der Waals surface area contributed by atoms with Crippen molar-refractivity contribution in [2.24, 2.45) is 7.05 Å². The molecular weight excluding hydrogens is 366 g/mol. The lowest BCUT2D eigenvalue weighted by Crippen LogP contribution is -2.34. The zero-order valence-electron chi connectivity index (χ0n) is 15.2. The first-order valence-electron chi connectivity index (χ1n) is 9.04. The smallest absolute Gasteiger partial charge is 0.223 e. The maximum atomic E-state index is 14.1. The first kappa shape index (κ1) is 16.8. The standard InChI is InChI=1S/C18H18F2N8/c1-26-9-12(7-22-26)27-4-2-3-10(8-27)16-24-17-13-5-11(19)6-14(20)15(13)23-18(21)28(17)25-16/h5-7,9-10H,2-4,8H2,1H3,(H2,21,23)/t10-/m1/s1. The number of rotatable bonds is 2. The summed E-state index contributed by atoms with van der Waals surface area (Å²) in [7, 11) is 1.88. The van der Waals surface area contributed by atoms with Gasteiger partial charge in [0.15, 0.2) is 17.3 Å². The van der Waals surface area contributed by atoms with Crippen molar-refractivity contribution in [2.75, 3.05) is 23.7 Å². The zero-order chi connectivity index (χ0) is 19.4. The van der Waals surface area contributed by atoms with Gasteiger partial charge in [0.05, 0.1) is 17.3 Å². The van der Waals surface area contributed by atoms with E-state index in [4.69, 9.17) is 5.73 Å². The molecule has 5 rings (SSSR count). The minimum Gasteiger partial charge on any atom is -0.368 e. The lowest BCUT2D eigenvalue weighted by molar-refractivity contribution is 0.491. The molecule has 0 spiro atoms. The van der Waals surface area contributed by atoms with Crippen LogP contribution < -0.4 is 10.6 Å². The van der Waals surface area contributed by atoms with E-state index in [9.17, 15) is 8.78 Å². The Morgan fingerprint density at radius 2 is 2.07 bits per heavy atom. The van der Waals surface area contributed by atoms with Crippen LogP contribution in [0.2, 0.25) is 0 Å². The van der Waals surface area contributed by atoms with E-state index in [2.05, 4.69) is 25.1 Å². The minimum absolute atomic E-state index is 0.00835. The Morgan fingerprint density at radius 1 is 1.21 bits per heavy atom. The normalized spacial score (nSPS) is 17.7. The van der Waals surface area contributed by atoms with Crippen LogP contribution in [0, 0.1) is 11.6 Å². The molecule has 0 saturated carbocycles. The monoisotopic (exact) mass is 384 g/mol. The fraction of sp³-hybridized carbons (Fsp3) is 0.333. The molecule has 1 saturated heterocycles.